The molecule has 2 amide bonds. The summed E-state index contributed by atoms with van der Waals surface area (Å²) < 4.78 is 31.2. The molecule has 0 aliphatic carbocycles. The highest BCUT2D eigenvalue weighted by atomic mass is 35.5. The number of carbonyl (C=O) groups is 2. The molecule has 33 heavy (non-hydrogen) atoms. The largest absolute Gasteiger partial charge is 0.497 e. The van der Waals surface area contributed by atoms with Gasteiger partial charge in [0, 0.05) is 18.1 Å². The number of benzene rings is 2. The lowest BCUT2D eigenvalue weighted by Gasteiger charge is -2.31. The van der Waals surface area contributed by atoms with E-state index >= 15 is 0 Å². The maximum absolute atomic E-state index is 13.4. The number of hydrogen-bond acceptors (Lipinski definition) is 5. The molecule has 2 aromatic carbocycles. The third kappa shape index (κ3) is 7.64. The molecule has 0 unspecified atom stereocenters. The van der Waals surface area contributed by atoms with Crippen molar-refractivity contribution < 1.29 is 22.7 Å². The molecule has 0 aromatic heterocycles. The molecule has 2 aromatic rings. The number of rotatable bonds is 11. The minimum atomic E-state index is -3.78. The second kappa shape index (κ2) is 11.9. The Balaban J connectivity index is 2.37. The third-order valence-electron chi connectivity index (χ3n) is 5.00. The zero-order valence-corrected chi connectivity index (χ0v) is 20.8. The van der Waals surface area contributed by atoms with Gasteiger partial charge in [-0.2, -0.15) is 0 Å². The van der Waals surface area contributed by atoms with Crippen molar-refractivity contribution in [1.82, 2.24) is 10.2 Å². The van der Waals surface area contributed by atoms with Crippen LogP contribution in [0.3, 0.4) is 0 Å². The molecule has 180 valence electrons. The minimum absolute atomic E-state index is 0.106. The van der Waals surface area contributed by atoms with Gasteiger partial charge in [-0.1, -0.05) is 30.7 Å². The second-order valence-electron chi connectivity index (χ2n) is 7.59. The molecular weight excluding hydrogens is 466 g/mol. The topological polar surface area (TPSA) is 96.0 Å². The van der Waals surface area contributed by atoms with Gasteiger partial charge in [0.05, 0.1) is 19.1 Å². The van der Waals surface area contributed by atoms with Gasteiger partial charge < -0.3 is 15.0 Å². The normalized spacial score (nSPS) is 12.0. The number of nitrogens with one attached hydrogen (secondary N) is 1. The van der Waals surface area contributed by atoms with Crippen LogP contribution in [0.25, 0.3) is 0 Å². The Hall–Kier alpha value is -2.78. The van der Waals surface area contributed by atoms with E-state index in [0.717, 1.165) is 22.5 Å². The number of nitrogens with zero attached hydrogens (tertiary/aromatic N) is 2. The van der Waals surface area contributed by atoms with Crippen molar-refractivity contribution in [2.75, 3.05) is 30.8 Å². The van der Waals surface area contributed by atoms with Gasteiger partial charge in [-0.15, -0.1) is 0 Å². The summed E-state index contributed by atoms with van der Waals surface area (Å²) in [6, 6.07) is 12.5. The van der Waals surface area contributed by atoms with E-state index in [2.05, 4.69) is 5.32 Å². The van der Waals surface area contributed by atoms with Gasteiger partial charge in [-0.3, -0.25) is 13.9 Å². The van der Waals surface area contributed by atoms with Crippen LogP contribution in [-0.2, 0) is 26.2 Å². The Bertz CT molecular complexity index is 1060. The molecule has 0 fully saturated rings. The highest BCUT2D eigenvalue weighted by Gasteiger charge is 2.30. The summed E-state index contributed by atoms with van der Waals surface area (Å²) in [6.45, 7) is 3.67. The fraction of sp³-hybridized carbons (Fsp3) is 0.391. The first-order valence-corrected chi connectivity index (χ1v) is 12.7. The maximum atomic E-state index is 13.4. The van der Waals surface area contributed by atoms with Gasteiger partial charge in [0.25, 0.3) is 0 Å². The standard InChI is InChI=1S/C23H30ClN3O5S/c1-5-13-25-23(29)17(2)26(15-18-7-6-8-21(14-18)32-3)22(28)16-27(33(4,30)31)20-11-9-19(24)10-12-20/h6-12,14,17H,5,13,15-16H2,1-4H3,(H,25,29)/t17-/m1/s1. The first kappa shape index (κ1) is 26.5. The van der Waals surface area contributed by atoms with Crippen molar-refractivity contribution in [3.8, 4) is 5.75 Å². The SMILES string of the molecule is CCCNC(=O)[C@@H](C)N(Cc1cccc(OC)c1)C(=O)CN(c1ccc(Cl)cc1)S(C)(=O)=O. The van der Waals surface area contributed by atoms with Gasteiger partial charge >= 0.3 is 0 Å². The first-order chi connectivity index (χ1) is 15.6. The predicted octanol–water partition coefficient (Wildman–Crippen LogP) is 3.06. The highest BCUT2D eigenvalue weighted by Crippen LogP contribution is 2.22. The van der Waals surface area contributed by atoms with Crippen LogP contribution in [0, 0.1) is 0 Å². The Morgan fingerprint density at radius 3 is 2.39 bits per heavy atom. The first-order valence-electron chi connectivity index (χ1n) is 10.5. The van der Waals surface area contributed by atoms with E-state index < -0.39 is 28.5 Å². The number of carbonyl (C=O) groups excluding carboxylic acids is 2. The molecule has 0 aliphatic rings. The lowest BCUT2D eigenvalue weighted by atomic mass is 10.1. The smallest absolute Gasteiger partial charge is 0.244 e. The molecule has 8 nitrogen and oxygen atoms in total. The van der Waals surface area contributed by atoms with Crippen LogP contribution in [0.5, 0.6) is 5.75 Å². The highest BCUT2D eigenvalue weighted by molar-refractivity contribution is 7.92. The quantitative estimate of drug-likeness (QED) is 0.517. The summed E-state index contributed by atoms with van der Waals surface area (Å²) in [5.74, 6) is -0.218. The van der Waals surface area contributed by atoms with Gasteiger partial charge in [0.2, 0.25) is 21.8 Å². The van der Waals surface area contributed by atoms with Crippen molar-refractivity contribution >= 4 is 39.1 Å². The Kier molecular flexibility index (Phi) is 9.55. The average Bonchev–Trinajstić information content (AvgIpc) is 2.79. The molecule has 0 aliphatic heterocycles. The van der Waals surface area contributed by atoms with Gasteiger partial charge in [0.1, 0.15) is 18.3 Å². The molecule has 0 bridgehead atoms. The Labute approximate surface area is 200 Å². The lowest BCUT2D eigenvalue weighted by Crippen LogP contribution is -2.51. The van der Waals surface area contributed by atoms with Crippen LogP contribution >= 0.6 is 11.6 Å². The van der Waals surface area contributed by atoms with Gasteiger partial charge in [-0.25, -0.2) is 8.42 Å². The van der Waals surface area contributed by atoms with Gasteiger partial charge in [0.15, 0.2) is 0 Å². The van der Waals surface area contributed by atoms with Crippen LogP contribution < -0.4 is 14.4 Å². The van der Waals surface area contributed by atoms with Crippen LogP contribution in [0.2, 0.25) is 5.02 Å². The molecule has 2 rings (SSSR count). The summed E-state index contributed by atoms with van der Waals surface area (Å²) in [5.41, 5.74) is 1.05. The molecule has 1 N–H and O–H groups in total. The molecule has 0 radical (unpaired) electrons. The molecule has 1 atom stereocenters. The fourth-order valence-corrected chi connectivity index (χ4v) is 4.14. The fourth-order valence-electron chi connectivity index (χ4n) is 3.17. The summed E-state index contributed by atoms with van der Waals surface area (Å²) in [6.07, 6.45) is 1.78. The van der Waals surface area contributed by atoms with Crippen molar-refractivity contribution in [2.24, 2.45) is 0 Å². The maximum Gasteiger partial charge on any atom is 0.244 e. The summed E-state index contributed by atoms with van der Waals surface area (Å²) in [4.78, 5) is 27.4. The Morgan fingerprint density at radius 1 is 1.15 bits per heavy atom. The minimum Gasteiger partial charge on any atom is -0.497 e. The molecule has 0 spiro atoms. The molecule has 0 heterocycles. The number of amides is 2. The zero-order chi connectivity index (χ0) is 24.6. The molecule has 0 saturated heterocycles. The van der Waals surface area contributed by atoms with E-state index in [1.54, 1.807) is 44.4 Å². The summed E-state index contributed by atoms with van der Waals surface area (Å²) >= 11 is 5.92. The monoisotopic (exact) mass is 495 g/mol. The lowest BCUT2D eigenvalue weighted by molar-refractivity contribution is -0.139. The summed E-state index contributed by atoms with van der Waals surface area (Å²) in [5, 5.41) is 3.24. The number of anilines is 1. The van der Waals surface area contributed by atoms with Crippen molar-refractivity contribution in [3.05, 3.63) is 59.1 Å². The zero-order valence-electron chi connectivity index (χ0n) is 19.2. The number of halogens is 1. The van der Waals surface area contributed by atoms with Crippen molar-refractivity contribution in [1.29, 1.82) is 0 Å². The van der Waals surface area contributed by atoms with E-state index in [9.17, 15) is 18.0 Å². The summed E-state index contributed by atoms with van der Waals surface area (Å²) in [7, 11) is -2.24. The molecule has 10 heteroatoms. The van der Waals surface area contributed by atoms with Crippen LogP contribution in [0.15, 0.2) is 48.5 Å². The van der Waals surface area contributed by atoms with E-state index in [0.29, 0.717) is 23.0 Å². The van der Waals surface area contributed by atoms with Crippen molar-refractivity contribution in [3.63, 3.8) is 0 Å². The van der Waals surface area contributed by atoms with E-state index in [1.807, 2.05) is 13.0 Å². The number of sulfonamides is 1. The second-order valence-corrected chi connectivity index (χ2v) is 9.93. The average molecular weight is 496 g/mol. The van der Waals surface area contributed by atoms with Crippen LogP contribution in [-0.4, -0.2) is 57.6 Å². The Morgan fingerprint density at radius 2 is 1.82 bits per heavy atom. The number of ether oxygens (including phenoxy) is 1. The number of methoxy groups -OCH3 is 1. The van der Waals surface area contributed by atoms with Crippen LogP contribution in [0.1, 0.15) is 25.8 Å². The number of hydrogen-bond donors (Lipinski definition) is 1. The van der Waals surface area contributed by atoms with Gasteiger partial charge in [-0.05, 0) is 55.3 Å². The predicted molar refractivity (Wildman–Crippen MR) is 130 cm³/mol. The van der Waals surface area contributed by atoms with Crippen molar-refractivity contribution in [2.45, 2.75) is 32.9 Å². The molecule has 0 saturated carbocycles. The third-order valence-corrected chi connectivity index (χ3v) is 6.39. The van der Waals surface area contributed by atoms with E-state index in [1.165, 1.54) is 17.0 Å². The van der Waals surface area contributed by atoms with E-state index in [-0.39, 0.29) is 12.5 Å². The van der Waals surface area contributed by atoms with Crippen LogP contribution in [0.4, 0.5) is 5.69 Å². The van der Waals surface area contributed by atoms with E-state index in [4.69, 9.17) is 16.3 Å². The molecular formula is C23H30ClN3O5S.